The van der Waals surface area contributed by atoms with Crippen LogP contribution in [0.5, 0.6) is 0 Å². The highest BCUT2D eigenvalue weighted by Gasteiger charge is 2.29. The van der Waals surface area contributed by atoms with Gasteiger partial charge in [0.05, 0.1) is 0 Å². The maximum Gasteiger partial charge on any atom is 0.185 e. The van der Waals surface area contributed by atoms with Gasteiger partial charge in [-0.05, 0) is 12.8 Å². The van der Waals surface area contributed by atoms with Gasteiger partial charge in [0.2, 0.25) is 0 Å². The molecule has 2 aliphatic rings. The second-order valence-corrected chi connectivity index (χ2v) is 3.36. The monoisotopic (exact) mass is 124 g/mol. The first kappa shape index (κ1) is 5.75. The Morgan fingerprint density at radius 1 is 1.22 bits per heavy atom. The molecule has 50 valence electrons. The van der Waals surface area contributed by atoms with Crippen LogP contribution in [0.2, 0.25) is 0 Å². The van der Waals surface area contributed by atoms with Gasteiger partial charge in [0, 0.05) is 25.2 Å². The fourth-order valence-electron chi connectivity index (χ4n) is 2.02. The van der Waals surface area contributed by atoms with Crippen LogP contribution in [0.3, 0.4) is 0 Å². The summed E-state index contributed by atoms with van der Waals surface area (Å²) in [6.07, 6.45) is 2.80. The fraction of sp³-hybridized carbons (Fsp3) is 1.00. The predicted molar refractivity (Wildman–Crippen MR) is 40.1 cm³/mol. The second kappa shape index (κ2) is 1.99. The maximum absolute atomic E-state index is 3.58. The van der Waals surface area contributed by atoms with Crippen LogP contribution in [0.1, 0.15) is 12.8 Å². The Bertz CT molecular complexity index is 106. The summed E-state index contributed by atoms with van der Waals surface area (Å²) in [5, 5.41) is 3.58. The number of piperazine rings is 1. The molecule has 2 fully saturated rings. The summed E-state index contributed by atoms with van der Waals surface area (Å²) in [5.74, 6) is 0. The van der Waals surface area contributed by atoms with Crippen LogP contribution < -0.4 is 5.32 Å². The van der Waals surface area contributed by atoms with E-state index in [-0.39, 0.29) is 0 Å². The third kappa shape index (κ3) is 0.991. The highest BCUT2D eigenvalue weighted by Crippen LogP contribution is 2.17. The number of rotatable bonds is 0. The number of hydrogen-bond acceptors (Lipinski definition) is 2. The summed E-state index contributed by atoms with van der Waals surface area (Å²) in [6.45, 7) is 2.52. The normalized spacial score (nSPS) is 43.6. The Hall–Kier alpha value is -0.0151. The highest BCUT2D eigenvalue weighted by atomic mass is 15.2. The standard InChI is InChI=1S/C6H13BN2/c7-9-3-5-1-2-6(4-9)8-5/h5-6,8H,1-4,7H2. The fourth-order valence-corrected chi connectivity index (χ4v) is 2.02. The molecule has 0 amide bonds. The van der Waals surface area contributed by atoms with Crippen LogP contribution in [-0.2, 0) is 0 Å². The third-order valence-corrected chi connectivity index (χ3v) is 2.40. The highest BCUT2D eigenvalue weighted by molar-refractivity contribution is 6.04. The molecule has 2 saturated heterocycles. The van der Waals surface area contributed by atoms with E-state index >= 15 is 0 Å². The van der Waals surface area contributed by atoms with E-state index in [2.05, 4.69) is 18.1 Å². The Morgan fingerprint density at radius 3 is 2.33 bits per heavy atom. The van der Waals surface area contributed by atoms with E-state index in [1.165, 1.54) is 25.9 Å². The van der Waals surface area contributed by atoms with Gasteiger partial charge in [-0.1, -0.05) is 0 Å². The molecule has 2 rings (SSSR count). The first-order chi connectivity index (χ1) is 4.34. The smallest absolute Gasteiger partial charge is 0.185 e. The van der Waals surface area contributed by atoms with Gasteiger partial charge >= 0.3 is 0 Å². The van der Waals surface area contributed by atoms with E-state index in [4.69, 9.17) is 0 Å². The zero-order valence-electron chi connectivity index (χ0n) is 5.93. The molecule has 2 nitrogen and oxygen atoms in total. The lowest BCUT2D eigenvalue weighted by atomic mass is 10.2. The summed E-state index contributed by atoms with van der Waals surface area (Å²) >= 11 is 0. The van der Waals surface area contributed by atoms with Gasteiger partial charge in [0.1, 0.15) is 0 Å². The van der Waals surface area contributed by atoms with E-state index < -0.39 is 0 Å². The largest absolute Gasteiger partial charge is 0.346 e. The molecule has 2 bridgehead atoms. The molecule has 0 aliphatic carbocycles. The Labute approximate surface area is 57.0 Å². The molecular formula is C6H13BN2. The van der Waals surface area contributed by atoms with Gasteiger partial charge in [0.25, 0.3) is 0 Å². The number of hydrogen-bond donors (Lipinski definition) is 1. The van der Waals surface area contributed by atoms with Crippen molar-refractivity contribution in [3.8, 4) is 0 Å². The van der Waals surface area contributed by atoms with E-state index in [1.54, 1.807) is 0 Å². The van der Waals surface area contributed by atoms with E-state index in [0.717, 1.165) is 12.1 Å². The molecule has 1 N–H and O–H groups in total. The van der Waals surface area contributed by atoms with Crippen molar-refractivity contribution in [2.24, 2.45) is 0 Å². The van der Waals surface area contributed by atoms with Crippen molar-refractivity contribution in [3.63, 3.8) is 0 Å². The van der Waals surface area contributed by atoms with E-state index in [1.807, 2.05) is 0 Å². The Balaban J connectivity index is 2.03. The molecule has 0 radical (unpaired) electrons. The zero-order valence-corrected chi connectivity index (χ0v) is 5.93. The van der Waals surface area contributed by atoms with Crippen LogP contribution in [-0.4, -0.2) is 38.0 Å². The summed E-state index contributed by atoms with van der Waals surface area (Å²) < 4.78 is 0. The molecule has 0 saturated carbocycles. The molecule has 0 aromatic heterocycles. The van der Waals surface area contributed by atoms with Gasteiger partial charge in [-0.15, -0.1) is 0 Å². The zero-order chi connectivity index (χ0) is 6.27. The number of nitrogens with zero attached hydrogens (tertiary/aromatic N) is 1. The van der Waals surface area contributed by atoms with E-state index in [9.17, 15) is 0 Å². The van der Waals surface area contributed by atoms with Crippen LogP contribution in [0.15, 0.2) is 0 Å². The number of nitrogens with one attached hydrogen (secondary N) is 1. The lowest BCUT2D eigenvalue weighted by molar-refractivity contribution is 0.308. The van der Waals surface area contributed by atoms with Gasteiger partial charge in [-0.2, -0.15) is 0 Å². The van der Waals surface area contributed by atoms with Crippen molar-refractivity contribution in [2.75, 3.05) is 13.1 Å². The molecule has 2 atom stereocenters. The molecule has 0 aromatic carbocycles. The average molecular weight is 124 g/mol. The Morgan fingerprint density at radius 2 is 1.78 bits per heavy atom. The van der Waals surface area contributed by atoms with Crippen molar-refractivity contribution in [1.29, 1.82) is 0 Å². The van der Waals surface area contributed by atoms with Gasteiger partial charge < -0.3 is 10.1 Å². The third-order valence-electron chi connectivity index (χ3n) is 2.40. The molecule has 9 heavy (non-hydrogen) atoms. The predicted octanol–water partition coefficient (Wildman–Crippen LogP) is -1.03. The molecule has 0 aromatic rings. The quantitative estimate of drug-likeness (QED) is 0.415. The van der Waals surface area contributed by atoms with Crippen LogP contribution >= 0.6 is 0 Å². The number of fused-ring (bicyclic) bond motifs is 2. The molecule has 2 unspecified atom stereocenters. The lowest BCUT2D eigenvalue weighted by Crippen LogP contribution is -2.49. The minimum Gasteiger partial charge on any atom is -0.346 e. The molecule has 2 heterocycles. The van der Waals surface area contributed by atoms with Crippen LogP contribution in [0.4, 0.5) is 0 Å². The van der Waals surface area contributed by atoms with Crippen molar-refractivity contribution < 1.29 is 0 Å². The summed E-state index contributed by atoms with van der Waals surface area (Å²) in [5.41, 5.74) is 0. The van der Waals surface area contributed by atoms with Crippen molar-refractivity contribution in [1.82, 2.24) is 10.1 Å². The topological polar surface area (TPSA) is 15.3 Å². The Kier molecular flexibility index (Phi) is 1.27. The van der Waals surface area contributed by atoms with Crippen LogP contribution in [0.25, 0.3) is 0 Å². The summed E-state index contributed by atoms with van der Waals surface area (Å²) in [7, 11) is 2.21. The van der Waals surface area contributed by atoms with Gasteiger partial charge in [-0.3, -0.25) is 0 Å². The minimum atomic E-state index is 0.814. The first-order valence-electron chi connectivity index (χ1n) is 3.79. The van der Waals surface area contributed by atoms with Crippen molar-refractivity contribution >= 4 is 7.98 Å². The van der Waals surface area contributed by atoms with Gasteiger partial charge in [0.15, 0.2) is 7.98 Å². The minimum absolute atomic E-state index is 0.814. The molecule has 0 spiro atoms. The maximum atomic E-state index is 3.58. The second-order valence-electron chi connectivity index (χ2n) is 3.36. The average Bonchev–Trinajstić information content (AvgIpc) is 2.11. The summed E-state index contributed by atoms with van der Waals surface area (Å²) in [4.78, 5) is 2.43. The van der Waals surface area contributed by atoms with E-state index in [0.29, 0.717) is 0 Å². The van der Waals surface area contributed by atoms with Crippen LogP contribution in [0, 0.1) is 0 Å². The molecule has 3 heteroatoms. The van der Waals surface area contributed by atoms with Crippen molar-refractivity contribution in [3.05, 3.63) is 0 Å². The molecule has 2 aliphatic heterocycles. The molecular weight excluding hydrogens is 111 g/mol. The van der Waals surface area contributed by atoms with Gasteiger partial charge in [-0.25, -0.2) is 0 Å². The SMILES string of the molecule is BN1CC2CCC(C1)N2. The summed E-state index contributed by atoms with van der Waals surface area (Å²) in [6, 6.07) is 1.63. The first-order valence-corrected chi connectivity index (χ1v) is 3.79. The lowest BCUT2D eigenvalue weighted by Gasteiger charge is -2.29. The van der Waals surface area contributed by atoms with Crippen molar-refractivity contribution in [2.45, 2.75) is 24.9 Å².